The third-order valence-corrected chi connectivity index (χ3v) is 4.54. The third kappa shape index (κ3) is 3.92. The molecule has 0 heterocycles. The van der Waals surface area contributed by atoms with Gasteiger partial charge in [0.15, 0.2) is 9.84 Å². The summed E-state index contributed by atoms with van der Waals surface area (Å²) in [7, 11) is -3.37. The highest BCUT2D eigenvalue weighted by Crippen LogP contribution is 2.30. The van der Waals surface area contributed by atoms with Crippen molar-refractivity contribution in [1.82, 2.24) is 5.43 Å². The standard InChI is InChI=1S/C11H15F3N2O2S/c1-7(19(2,17)18)10(16-15)8-3-5-9(6-4-8)11(12,13)14/h3-7,10,16H,15H2,1-2H3. The highest BCUT2D eigenvalue weighted by molar-refractivity contribution is 7.91. The summed E-state index contributed by atoms with van der Waals surface area (Å²) >= 11 is 0. The average Bonchev–Trinajstić information content (AvgIpc) is 2.28. The van der Waals surface area contributed by atoms with Crippen LogP contribution >= 0.6 is 0 Å². The molecule has 108 valence electrons. The summed E-state index contributed by atoms with van der Waals surface area (Å²) in [6.07, 6.45) is -3.38. The zero-order chi connectivity index (χ0) is 14.8. The first kappa shape index (κ1) is 15.9. The van der Waals surface area contributed by atoms with Crippen LogP contribution in [0.4, 0.5) is 13.2 Å². The number of nitrogens with two attached hydrogens (primary N) is 1. The van der Waals surface area contributed by atoms with Gasteiger partial charge in [-0.15, -0.1) is 0 Å². The molecule has 0 saturated heterocycles. The summed E-state index contributed by atoms with van der Waals surface area (Å²) in [6, 6.07) is 3.46. The quantitative estimate of drug-likeness (QED) is 0.654. The molecule has 4 nitrogen and oxygen atoms in total. The molecule has 1 aromatic carbocycles. The second-order valence-corrected chi connectivity index (χ2v) is 6.70. The third-order valence-electron chi connectivity index (χ3n) is 2.92. The van der Waals surface area contributed by atoms with Gasteiger partial charge in [0.05, 0.1) is 16.9 Å². The molecular formula is C11H15F3N2O2S. The molecule has 2 unspecified atom stereocenters. The van der Waals surface area contributed by atoms with E-state index in [0.29, 0.717) is 5.56 Å². The molecule has 19 heavy (non-hydrogen) atoms. The molecule has 0 spiro atoms. The van der Waals surface area contributed by atoms with Gasteiger partial charge in [-0.2, -0.15) is 13.2 Å². The second-order valence-electron chi connectivity index (χ2n) is 4.30. The van der Waals surface area contributed by atoms with E-state index in [1.807, 2.05) is 0 Å². The van der Waals surface area contributed by atoms with E-state index in [-0.39, 0.29) is 0 Å². The van der Waals surface area contributed by atoms with E-state index in [9.17, 15) is 21.6 Å². The molecule has 0 aliphatic heterocycles. The molecular weight excluding hydrogens is 281 g/mol. The van der Waals surface area contributed by atoms with Gasteiger partial charge < -0.3 is 0 Å². The van der Waals surface area contributed by atoms with Gasteiger partial charge in [0.1, 0.15) is 0 Å². The van der Waals surface area contributed by atoms with Gasteiger partial charge in [-0.1, -0.05) is 12.1 Å². The molecule has 0 saturated carbocycles. The maximum Gasteiger partial charge on any atom is 0.416 e. The van der Waals surface area contributed by atoms with Gasteiger partial charge in [0.25, 0.3) is 0 Å². The Morgan fingerprint density at radius 3 is 2.00 bits per heavy atom. The van der Waals surface area contributed by atoms with Crippen molar-refractivity contribution in [3.05, 3.63) is 35.4 Å². The monoisotopic (exact) mass is 296 g/mol. The van der Waals surface area contributed by atoms with Crippen LogP contribution in [-0.2, 0) is 16.0 Å². The summed E-state index contributed by atoms with van der Waals surface area (Å²) in [4.78, 5) is 0. The molecule has 1 aromatic rings. The normalized spacial score (nSPS) is 16.1. The smallest absolute Gasteiger partial charge is 0.271 e. The number of sulfone groups is 1. The SMILES string of the molecule is CC(C(NN)c1ccc(C(F)(F)F)cc1)S(C)(=O)=O. The number of nitrogens with one attached hydrogen (secondary N) is 1. The molecule has 0 radical (unpaired) electrons. The Hall–Kier alpha value is -1.12. The molecule has 0 aliphatic carbocycles. The molecule has 8 heteroatoms. The zero-order valence-electron chi connectivity index (χ0n) is 10.4. The highest BCUT2D eigenvalue weighted by atomic mass is 32.2. The molecule has 0 aromatic heterocycles. The number of benzene rings is 1. The molecule has 0 aliphatic rings. The minimum Gasteiger partial charge on any atom is -0.271 e. The summed E-state index contributed by atoms with van der Waals surface area (Å²) < 4.78 is 60.2. The fourth-order valence-electron chi connectivity index (χ4n) is 1.63. The fourth-order valence-corrected chi connectivity index (χ4v) is 2.36. The van der Waals surface area contributed by atoms with Gasteiger partial charge in [-0.05, 0) is 24.6 Å². The van der Waals surface area contributed by atoms with Crippen molar-refractivity contribution >= 4 is 9.84 Å². The number of halogens is 3. The Morgan fingerprint density at radius 1 is 1.21 bits per heavy atom. The van der Waals surface area contributed by atoms with Crippen molar-refractivity contribution in [3.8, 4) is 0 Å². The predicted molar refractivity (Wildman–Crippen MR) is 65.8 cm³/mol. The fraction of sp³-hybridized carbons (Fsp3) is 0.455. The lowest BCUT2D eigenvalue weighted by atomic mass is 10.0. The second kappa shape index (κ2) is 5.48. The van der Waals surface area contributed by atoms with Gasteiger partial charge in [0.2, 0.25) is 0 Å². The van der Waals surface area contributed by atoms with Crippen LogP contribution in [0.3, 0.4) is 0 Å². The van der Waals surface area contributed by atoms with Crippen LogP contribution in [0.25, 0.3) is 0 Å². The van der Waals surface area contributed by atoms with E-state index in [2.05, 4.69) is 5.43 Å². The number of alkyl halides is 3. The van der Waals surface area contributed by atoms with Crippen molar-refractivity contribution in [1.29, 1.82) is 0 Å². The zero-order valence-corrected chi connectivity index (χ0v) is 11.2. The summed E-state index contributed by atoms with van der Waals surface area (Å²) in [5.74, 6) is 5.29. The maximum absolute atomic E-state index is 12.4. The maximum atomic E-state index is 12.4. The molecule has 1 rings (SSSR count). The van der Waals surface area contributed by atoms with Crippen molar-refractivity contribution in [2.75, 3.05) is 6.26 Å². The van der Waals surface area contributed by atoms with Crippen LogP contribution in [-0.4, -0.2) is 19.9 Å². The first-order chi connectivity index (χ1) is 8.57. The van der Waals surface area contributed by atoms with Crippen LogP contribution in [0.1, 0.15) is 24.1 Å². The number of rotatable bonds is 4. The van der Waals surface area contributed by atoms with E-state index in [4.69, 9.17) is 5.84 Å². The lowest BCUT2D eigenvalue weighted by Gasteiger charge is -2.22. The van der Waals surface area contributed by atoms with Crippen LogP contribution in [0.2, 0.25) is 0 Å². The van der Waals surface area contributed by atoms with Crippen molar-refractivity contribution in [2.45, 2.75) is 24.4 Å². The molecule has 3 N–H and O–H groups in total. The Bertz CT molecular complexity index is 526. The topological polar surface area (TPSA) is 72.2 Å². The average molecular weight is 296 g/mol. The van der Waals surface area contributed by atoms with Gasteiger partial charge in [-0.3, -0.25) is 11.3 Å². The van der Waals surface area contributed by atoms with E-state index >= 15 is 0 Å². The lowest BCUT2D eigenvalue weighted by molar-refractivity contribution is -0.137. The van der Waals surface area contributed by atoms with E-state index in [1.165, 1.54) is 19.1 Å². The van der Waals surface area contributed by atoms with Gasteiger partial charge in [0, 0.05) is 6.26 Å². The van der Waals surface area contributed by atoms with E-state index in [0.717, 1.165) is 18.4 Å². The Morgan fingerprint density at radius 2 is 1.68 bits per heavy atom. The van der Waals surface area contributed by atoms with Crippen LogP contribution in [0.15, 0.2) is 24.3 Å². The van der Waals surface area contributed by atoms with Crippen LogP contribution in [0.5, 0.6) is 0 Å². The number of hydrazine groups is 1. The van der Waals surface area contributed by atoms with Gasteiger partial charge in [-0.25, -0.2) is 8.42 Å². The first-order valence-electron chi connectivity index (χ1n) is 5.39. The molecule has 0 amide bonds. The van der Waals surface area contributed by atoms with Gasteiger partial charge >= 0.3 is 6.18 Å². The van der Waals surface area contributed by atoms with Crippen LogP contribution < -0.4 is 11.3 Å². The highest BCUT2D eigenvalue weighted by Gasteiger charge is 2.31. The first-order valence-corrected chi connectivity index (χ1v) is 7.35. The molecule has 0 fully saturated rings. The Labute approximate surface area is 109 Å². The van der Waals surface area contributed by atoms with E-state index < -0.39 is 32.9 Å². The predicted octanol–water partition coefficient (Wildman–Crippen LogP) is 1.64. The van der Waals surface area contributed by atoms with Crippen LogP contribution in [0, 0.1) is 0 Å². The Kier molecular flexibility index (Phi) is 4.59. The van der Waals surface area contributed by atoms with E-state index in [1.54, 1.807) is 0 Å². The summed E-state index contributed by atoms with van der Waals surface area (Å²) in [5.41, 5.74) is 1.91. The number of hydrogen-bond acceptors (Lipinski definition) is 4. The van der Waals surface area contributed by atoms with Crippen molar-refractivity contribution < 1.29 is 21.6 Å². The minimum atomic E-state index is -4.42. The summed E-state index contributed by atoms with van der Waals surface area (Å²) in [5, 5.41) is -0.853. The molecule has 2 atom stereocenters. The van der Waals surface area contributed by atoms with Crippen molar-refractivity contribution in [3.63, 3.8) is 0 Å². The Balaban J connectivity index is 3.08. The van der Waals surface area contributed by atoms with Crippen molar-refractivity contribution in [2.24, 2.45) is 5.84 Å². The lowest BCUT2D eigenvalue weighted by Crippen LogP contribution is -2.38. The summed E-state index contributed by atoms with van der Waals surface area (Å²) in [6.45, 7) is 1.44. The largest absolute Gasteiger partial charge is 0.416 e. The molecule has 0 bridgehead atoms. The number of hydrogen-bond donors (Lipinski definition) is 2. The minimum absolute atomic E-state index is 0.383.